The molecule has 0 spiro atoms. The minimum absolute atomic E-state index is 0.204. The highest BCUT2D eigenvalue weighted by Gasteiger charge is 2.09. The Hall–Kier alpha value is -1.62. The molecule has 0 saturated carbocycles. The van der Waals surface area contributed by atoms with Crippen molar-refractivity contribution in [2.24, 2.45) is 5.92 Å². The molecule has 0 fully saturated rings. The maximum Gasteiger partial charge on any atom is 0.320 e. The summed E-state index contributed by atoms with van der Waals surface area (Å²) in [5.74, 6) is 0.713. The van der Waals surface area contributed by atoms with Gasteiger partial charge in [-0.1, -0.05) is 19.9 Å². The van der Waals surface area contributed by atoms with E-state index in [4.69, 9.17) is 0 Å². The fraction of sp³-hybridized carbons (Fsp3) is 0.500. The number of carbonyl (C=O) groups is 1. The second-order valence-corrected chi connectivity index (χ2v) is 4.20. The smallest absolute Gasteiger partial charge is 0.320 e. The molecule has 5 heteroatoms. The second kappa shape index (κ2) is 6.85. The standard InChI is InChI=1S/C12H19N3O2/c1-9(2)10(16)6-8-14-12(17)15-11-5-3-4-7-13-11/h3-5,7,9-10,16H,6,8H2,1-2H3,(H2,13,14,15,17). The molecule has 0 bridgehead atoms. The van der Waals surface area contributed by atoms with Crippen molar-refractivity contribution in [3.63, 3.8) is 0 Å². The van der Waals surface area contributed by atoms with Crippen LogP contribution >= 0.6 is 0 Å². The van der Waals surface area contributed by atoms with Gasteiger partial charge < -0.3 is 10.4 Å². The van der Waals surface area contributed by atoms with Crippen LogP contribution in [0.15, 0.2) is 24.4 Å². The average Bonchev–Trinajstić information content (AvgIpc) is 2.30. The number of aliphatic hydroxyl groups is 1. The number of nitrogens with zero attached hydrogens (tertiary/aromatic N) is 1. The normalized spacial score (nSPS) is 12.2. The fourth-order valence-electron chi connectivity index (χ4n) is 1.26. The van der Waals surface area contributed by atoms with Crippen molar-refractivity contribution in [2.75, 3.05) is 11.9 Å². The van der Waals surface area contributed by atoms with Crippen molar-refractivity contribution in [3.8, 4) is 0 Å². The number of rotatable bonds is 5. The molecule has 0 aliphatic carbocycles. The van der Waals surface area contributed by atoms with Gasteiger partial charge in [-0.05, 0) is 24.5 Å². The van der Waals surface area contributed by atoms with Gasteiger partial charge in [-0.25, -0.2) is 9.78 Å². The Morgan fingerprint density at radius 1 is 1.47 bits per heavy atom. The van der Waals surface area contributed by atoms with Gasteiger partial charge in [0.1, 0.15) is 5.82 Å². The van der Waals surface area contributed by atoms with Crippen LogP contribution in [0.1, 0.15) is 20.3 Å². The van der Waals surface area contributed by atoms with Crippen LogP contribution in [0.25, 0.3) is 0 Å². The highest BCUT2D eigenvalue weighted by molar-refractivity contribution is 5.88. The first-order valence-electron chi connectivity index (χ1n) is 5.73. The molecule has 94 valence electrons. The number of amides is 2. The van der Waals surface area contributed by atoms with Crippen LogP contribution in [0.5, 0.6) is 0 Å². The molecule has 17 heavy (non-hydrogen) atoms. The molecule has 3 N–H and O–H groups in total. The van der Waals surface area contributed by atoms with Gasteiger partial charge in [0.05, 0.1) is 6.10 Å². The first-order valence-corrected chi connectivity index (χ1v) is 5.73. The Morgan fingerprint density at radius 3 is 2.82 bits per heavy atom. The molecule has 0 aromatic carbocycles. The molecule has 5 nitrogen and oxygen atoms in total. The summed E-state index contributed by atoms with van der Waals surface area (Å²) in [7, 11) is 0. The number of aliphatic hydroxyl groups excluding tert-OH is 1. The van der Waals surface area contributed by atoms with Crippen LogP contribution in [0.3, 0.4) is 0 Å². The SMILES string of the molecule is CC(C)C(O)CCNC(=O)Nc1ccccn1. The number of pyridine rings is 1. The first-order chi connectivity index (χ1) is 8.09. The van der Waals surface area contributed by atoms with Crippen molar-refractivity contribution < 1.29 is 9.90 Å². The quantitative estimate of drug-likeness (QED) is 0.728. The molecule has 1 aromatic rings. The molecule has 0 aliphatic heterocycles. The van der Waals surface area contributed by atoms with Crippen LogP contribution in [0, 0.1) is 5.92 Å². The number of aromatic nitrogens is 1. The highest BCUT2D eigenvalue weighted by Crippen LogP contribution is 2.04. The fourth-order valence-corrected chi connectivity index (χ4v) is 1.26. The Kier molecular flexibility index (Phi) is 5.42. The van der Waals surface area contributed by atoms with Crippen molar-refractivity contribution >= 4 is 11.8 Å². The maximum absolute atomic E-state index is 11.4. The Morgan fingerprint density at radius 2 is 2.24 bits per heavy atom. The molecular weight excluding hydrogens is 218 g/mol. The van der Waals surface area contributed by atoms with Gasteiger partial charge in [0.15, 0.2) is 0 Å². The van der Waals surface area contributed by atoms with Gasteiger partial charge in [0, 0.05) is 12.7 Å². The predicted octanol–water partition coefficient (Wildman–Crippen LogP) is 1.61. The zero-order chi connectivity index (χ0) is 12.7. The van der Waals surface area contributed by atoms with Crippen LogP contribution in [0.2, 0.25) is 0 Å². The summed E-state index contributed by atoms with van der Waals surface area (Å²) in [6, 6.07) is 4.98. The summed E-state index contributed by atoms with van der Waals surface area (Å²) in [5, 5.41) is 14.8. The molecule has 2 amide bonds. The van der Waals surface area contributed by atoms with E-state index < -0.39 is 0 Å². The lowest BCUT2D eigenvalue weighted by molar-refractivity contribution is 0.117. The van der Waals surface area contributed by atoms with Crippen molar-refractivity contribution in [3.05, 3.63) is 24.4 Å². The average molecular weight is 237 g/mol. The van der Waals surface area contributed by atoms with Crippen molar-refractivity contribution in [1.29, 1.82) is 0 Å². The van der Waals surface area contributed by atoms with Gasteiger partial charge in [-0.2, -0.15) is 0 Å². The third-order valence-corrected chi connectivity index (χ3v) is 2.40. The molecule has 1 rings (SSSR count). The maximum atomic E-state index is 11.4. The predicted molar refractivity (Wildman–Crippen MR) is 66.7 cm³/mol. The Labute approximate surface area is 101 Å². The lowest BCUT2D eigenvalue weighted by Crippen LogP contribution is -2.32. The zero-order valence-corrected chi connectivity index (χ0v) is 10.2. The largest absolute Gasteiger partial charge is 0.393 e. The number of hydrogen-bond acceptors (Lipinski definition) is 3. The van der Waals surface area contributed by atoms with E-state index in [9.17, 15) is 9.90 Å². The Balaban J connectivity index is 2.22. The van der Waals surface area contributed by atoms with Crippen LogP contribution in [-0.2, 0) is 0 Å². The molecule has 1 heterocycles. The van der Waals surface area contributed by atoms with E-state index in [2.05, 4.69) is 15.6 Å². The minimum Gasteiger partial charge on any atom is -0.393 e. The highest BCUT2D eigenvalue weighted by atomic mass is 16.3. The Bertz CT molecular complexity index is 341. The number of anilines is 1. The third kappa shape index (κ3) is 5.31. The van der Waals surface area contributed by atoms with Gasteiger partial charge in [0.25, 0.3) is 0 Å². The summed E-state index contributed by atoms with van der Waals surface area (Å²) in [4.78, 5) is 15.4. The lowest BCUT2D eigenvalue weighted by atomic mass is 10.0. The van der Waals surface area contributed by atoms with Gasteiger partial charge >= 0.3 is 6.03 Å². The number of urea groups is 1. The second-order valence-electron chi connectivity index (χ2n) is 4.20. The van der Waals surface area contributed by atoms with E-state index in [1.165, 1.54) is 0 Å². The topological polar surface area (TPSA) is 74.2 Å². The molecule has 1 aromatic heterocycles. The number of hydrogen-bond donors (Lipinski definition) is 3. The molecule has 1 unspecified atom stereocenters. The monoisotopic (exact) mass is 237 g/mol. The molecule has 0 aliphatic rings. The van der Waals surface area contributed by atoms with Gasteiger partial charge in [0.2, 0.25) is 0 Å². The van der Waals surface area contributed by atoms with E-state index >= 15 is 0 Å². The summed E-state index contributed by atoms with van der Waals surface area (Å²) in [6.45, 7) is 4.33. The molecule has 0 radical (unpaired) electrons. The van der Waals surface area contributed by atoms with Crippen LogP contribution < -0.4 is 10.6 Å². The third-order valence-electron chi connectivity index (χ3n) is 2.40. The summed E-state index contributed by atoms with van der Waals surface area (Å²) in [6.07, 6.45) is 1.77. The van der Waals surface area contributed by atoms with Gasteiger partial charge in [-0.15, -0.1) is 0 Å². The first kappa shape index (κ1) is 13.4. The van der Waals surface area contributed by atoms with Crippen molar-refractivity contribution in [1.82, 2.24) is 10.3 Å². The number of carbonyl (C=O) groups excluding carboxylic acids is 1. The van der Waals surface area contributed by atoms with E-state index in [1.54, 1.807) is 24.4 Å². The summed E-state index contributed by atoms with van der Waals surface area (Å²) in [5.41, 5.74) is 0. The summed E-state index contributed by atoms with van der Waals surface area (Å²) >= 11 is 0. The van der Waals surface area contributed by atoms with Gasteiger partial charge in [-0.3, -0.25) is 5.32 Å². The van der Waals surface area contributed by atoms with Crippen LogP contribution in [0.4, 0.5) is 10.6 Å². The molecular formula is C12H19N3O2. The molecule has 0 saturated heterocycles. The molecule has 1 atom stereocenters. The summed E-state index contributed by atoms with van der Waals surface area (Å²) < 4.78 is 0. The number of nitrogens with one attached hydrogen (secondary N) is 2. The van der Waals surface area contributed by atoms with Crippen molar-refractivity contribution in [2.45, 2.75) is 26.4 Å². The zero-order valence-electron chi connectivity index (χ0n) is 10.2. The van der Waals surface area contributed by atoms with E-state index in [0.29, 0.717) is 18.8 Å². The lowest BCUT2D eigenvalue weighted by Gasteiger charge is -2.14. The van der Waals surface area contributed by atoms with E-state index in [0.717, 1.165) is 0 Å². The minimum atomic E-state index is -0.384. The van der Waals surface area contributed by atoms with Crippen LogP contribution in [-0.4, -0.2) is 28.8 Å². The van der Waals surface area contributed by atoms with E-state index in [-0.39, 0.29) is 18.1 Å². The van der Waals surface area contributed by atoms with E-state index in [1.807, 2.05) is 13.8 Å².